The summed E-state index contributed by atoms with van der Waals surface area (Å²) in [6.45, 7) is 0.679. The number of aromatic nitrogens is 1. The van der Waals surface area contributed by atoms with E-state index in [-0.39, 0.29) is 23.9 Å². The number of nitrogens with zero attached hydrogens (tertiary/aromatic N) is 2. The summed E-state index contributed by atoms with van der Waals surface area (Å²) < 4.78 is 14.9. The van der Waals surface area contributed by atoms with Crippen molar-refractivity contribution in [2.75, 3.05) is 0 Å². The lowest BCUT2D eigenvalue weighted by atomic mass is 10.1. The van der Waals surface area contributed by atoms with Gasteiger partial charge in [0, 0.05) is 29.8 Å². The summed E-state index contributed by atoms with van der Waals surface area (Å²) >= 11 is 0. The number of pyridine rings is 1. The van der Waals surface area contributed by atoms with Crippen molar-refractivity contribution in [3.63, 3.8) is 0 Å². The maximum absolute atomic E-state index is 12.9. The molecule has 0 radical (unpaired) electrons. The summed E-state index contributed by atoms with van der Waals surface area (Å²) in [4.78, 5) is 10.3. The largest absolute Gasteiger partial charge is 1.00 e. The van der Waals surface area contributed by atoms with Gasteiger partial charge in [-0.15, -0.1) is 0 Å². The van der Waals surface area contributed by atoms with E-state index in [4.69, 9.17) is 0 Å². The molecule has 3 aromatic rings. The van der Waals surface area contributed by atoms with Crippen LogP contribution in [0.4, 0.5) is 10.1 Å². The molecule has 0 aliphatic heterocycles. The fourth-order valence-corrected chi connectivity index (χ4v) is 2.48. The zero-order chi connectivity index (χ0) is 16.9. The molecule has 0 fully saturated rings. The van der Waals surface area contributed by atoms with Gasteiger partial charge in [0.2, 0.25) is 0 Å². The molecule has 0 aliphatic carbocycles. The highest BCUT2D eigenvalue weighted by Gasteiger charge is 2.06. The maximum Gasteiger partial charge on any atom is 0.269 e. The number of hydrogen-bond donors (Lipinski definition) is 0. The van der Waals surface area contributed by atoms with E-state index in [0.717, 1.165) is 23.1 Å². The third kappa shape index (κ3) is 5.09. The lowest BCUT2D eigenvalue weighted by Gasteiger charge is -2.02. The molecule has 3 rings (SSSR count). The van der Waals surface area contributed by atoms with Crippen LogP contribution in [0.1, 0.15) is 16.7 Å². The average molecular weight is 359 g/mol. The Hall–Kier alpha value is -2.79. The van der Waals surface area contributed by atoms with Crippen molar-refractivity contribution in [2.45, 2.75) is 13.0 Å². The number of benzene rings is 2. The maximum atomic E-state index is 12.9. The highest BCUT2D eigenvalue weighted by atomic mass is 35.5. The minimum Gasteiger partial charge on any atom is -1.00 e. The van der Waals surface area contributed by atoms with Crippen molar-refractivity contribution >= 4 is 5.69 Å². The average Bonchev–Trinajstić information content (AvgIpc) is 2.59. The van der Waals surface area contributed by atoms with Crippen LogP contribution < -0.4 is 17.0 Å². The van der Waals surface area contributed by atoms with Gasteiger partial charge in [-0.2, -0.15) is 0 Å². The van der Waals surface area contributed by atoms with Gasteiger partial charge < -0.3 is 12.4 Å². The summed E-state index contributed by atoms with van der Waals surface area (Å²) in [6, 6.07) is 17.1. The van der Waals surface area contributed by atoms with Gasteiger partial charge in [-0.05, 0) is 41.8 Å². The smallest absolute Gasteiger partial charge is 0.269 e. The van der Waals surface area contributed by atoms with Gasteiger partial charge >= 0.3 is 0 Å². The first-order valence-corrected chi connectivity index (χ1v) is 7.56. The second-order valence-corrected chi connectivity index (χ2v) is 5.61. The fourth-order valence-electron chi connectivity index (χ4n) is 2.48. The Morgan fingerprint density at radius 1 is 0.840 bits per heavy atom. The second-order valence-electron chi connectivity index (χ2n) is 5.61. The Morgan fingerprint density at radius 2 is 1.36 bits per heavy atom. The van der Waals surface area contributed by atoms with Gasteiger partial charge in [0.15, 0.2) is 18.9 Å². The number of nitro benzene ring substituents is 1. The standard InChI is InChI=1S/C19H16FN2O2.ClH/c20-18-5-1-17(2-6-18)14-21-11-9-16(10-12-21)13-15-3-7-19(8-4-15)22(23)24;/h1-12H,13-14H2;1H/q+1;/p-1. The minimum atomic E-state index is -0.398. The normalized spacial score (nSPS) is 10.1. The van der Waals surface area contributed by atoms with Crippen LogP contribution >= 0.6 is 0 Å². The first-order chi connectivity index (χ1) is 11.6. The molecule has 1 aromatic heterocycles. The Morgan fingerprint density at radius 3 is 1.92 bits per heavy atom. The number of rotatable bonds is 5. The summed E-state index contributed by atoms with van der Waals surface area (Å²) in [7, 11) is 0. The van der Waals surface area contributed by atoms with Gasteiger partial charge in [-0.3, -0.25) is 10.1 Å². The molecule has 128 valence electrons. The van der Waals surface area contributed by atoms with Gasteiger partial charge in [-0.25, -0.2) is 8.96 Å². The monoisotopic (exact) mass is 358 g/mol. The number of non-ortho nitro benzene ring substituents is 1. The summed E-state index contributed by atoms with van der Waals surface area (Å²) in [5, 5.41) is 10.7. The number of nitro groups is 1. The summed E-state index contributed by atoms with van der Waals surface area (Å²) in [6.07, 6.45) is 4.67. The molecule has 0 amide bonds. The van der Waals surface area contributed by atoms with Crippen LogP contribution in [0.5, 0.6) is 0 Å². The van der Waals surface area contributed by atoms with Crippen LogP contribution in [0.3, 0.4) is 0 Å². The van der Waals surface area contributed by atoms with Crippen molar-refractivity contribution < 1.29 is 26.3 Å². The molecule has 0 bridgehead atoms. The molecule has 0 aliphatic rings. The number of halogens is 2. The molecule has 1 heterocycles. The van der Waals surface area contributed by atoms with E-state index in [1.807, 2.05) is 29.1 Å². The van der Waals surface area contributed by atoms with E-state index < -0.39 is 4.92 Å². The van der Waals surface area contributed by atoms with Crippen molar-refractivity contribution in [3.8, 4) is 0 Å². The van der Waals surface area contributed by atoms with E-state index >= 15 is 0 Å². The number of hydrogen-bond acceptors (Lipinski definition) is 2. The highest BCUT2D eigenvalue weighted by molar-refractivity contribution is 5.34. The molecule has 25 heavy (non-hydrogen) atoms. The lowest BCUT2D eigenvalue weighted by Crippen LogP contribution is -3.00. The molecule has 4 nitrogen and oxygen atoms in total. The zero-order valence-corrected chi connectivity index (χ0v) is 14.1. The topological polar surface area (TPSA) is 47.0 Å². The van der Waals surface area contributed by atoms with Crippen LogP contribution in [-0.2, 0) is 13.0 Å². The van der Waals surface area contributed by atoms with E-state index in [2.05, 4.69) is 0 Å². The van der Waals surface area contributed by atoms with Crippen molar-refractivity contribution in [2.24, 2.45) is 0 Å². The van der Waals surface area contributed by atoms with E-state index in [1.54, 1.807) is 24.3 Å². The highest BCUT2D eigenvalue weighted by Crippen LogP contribution is 2.14. The van der Waals surface area contributed by atoms with Crippen molar-refractivity contribution in [1.82, 2.24) is 0 Å². The Bertz CT molecular complexity index is 835. The molecular formula is C19H16ClFN2O2. The van der Waals surface area contributed by atoms with Gasteiger partial charge in [0.1, 0.15) is 5.82 Å². The molecule has 2 aromatic carbocycles. The molecular weight excluding hydrogens is 343 g/mol. The molecule has 0 unspecified atom stereocenters. The Labute approximate surface area is 151 Å². The molecule has 0 atom stereocenters. The quantitative estimate of drug-likeness (QED) is 0.382. The predicted octanol–water partition coefficient (Wildman–Crippen LogP) is 0.664. The van der Waals surface area contributed by atoms with E-state index in [1.165, 1.54) is 24.3 Å². The van der Waals surface area contributed by atoms with Gasteiger partial charge in [0.05, 0.1) is 4.92 Å². The van der Waals surface area contributed by atoms with E-state index in [0.29, 0.717) is 6.54 Å². The molecule has 0 saturated heterocycles. The zero-order valence-electron chi connectivity index (χ0n) is 13.3. The van der Waals surface area contributed by atoms with Crippen LogP contribution in [0.15, 0.2) is 73.1 Å². The molecule has 6 heteroatoms. The Kier molecular flexibility index (Phi) is 6.19. The second kappa shape index (κ2) is 8.35. The molecule has 0 spiro atoms. The SMILES string of the molecule is O=[N+]([O-])c1ccc(Cc2cc[n+](Cc3ccc(F)cc3)cc2)cc1.[Cl-]. The predicted molar refractivity (Wildman–Crippen MR) is 88.0 cm³/mol. The fraction of sp³-hybridized carbons (Fsp3) is 0.105. The van der Waals surface area contributed by atoms with Gasteiger partial charge in [0.25, 0.3) is 5.69 Å². The third-order valence-corrected chi connectivity index (χ3v) is 3.79. The lowest BCUT2D eigenvalue weighted by molar-refractivity contribution is -0.688. The molecule has 0 N–H and O–H groups in total. The first-order valence-electron chi connectivity index (χ1n) is 7.56. The van der Waals surface area contributed by atoms with Crippen molar-refractivity contribution in [3.05, 3.63) is 106 Å². The molecule has 0 saturated carbocycles. The van der Waals surface area contributed by atoms with E-state index in [9.17, 15) is 14.5 Å². The minimum absolute atomic E-state index is 0. The first kappa shape index (κ1) is 18.5. The summed E-state index contributed by atoms with van der Waals surface area (Å²) in [5.41, 5.74) is 3.28. The van der Waals surface area contributed by atoms with Gasteiger partial charge in [-0.1, -0.05) is 12.1 Å². The third-order valence-electron chi connectivity index (χ3n) is 3.79. The van der Waals surface area contributed by atoms with Crippen molar-refractivity contribution in [1.29, 1.82) is 0 Å². The van der Waals surface area contributed by atoms with Crippen LogP contribution in [-0.4, -0.2) is 4.92 Å². The van der Waals surface area contributed by atoms with Crippen LogP contribution in [0.25, 0.3) is 0 Å². The van der Waals surface area contributed by atoms with Crippen LogP contribution in [0, 0.1) is 15.9 Å². The van der Waals surface area contributed by atoms with Crippen LogP contribution in [0.2, 0.25) is 0 Å². The summed E-state index contributed by atoms with van der Waals surface area (Å²) in [5.74, 6) is -0.234. The Balaban J connectivity index is 0.00000225.